The Labute approximate surface area is 122 Å². The van der Waals surface area contributed by atoms with E-state index in [2.05, 4.69) is 24.1 Å². The lowest BCUT2D eigenvalue weighted by Gasteiger charge is -2.31. The molecule has 1 aromatic rings. The van der Waals surface area contributed by atoms with Gasteiger partial charge in [0.25, 0.3) is 0 Å². The number of hydrogen-bond acceptors (Lipinski definition) is 2. The summed E-state index contributed by atoms with van der Waals surface area (Å²) in [6.07, 6.45) is 3.67. The predicted molar refractivity (Wildman–Crippen MR) is 82.1 cm³/mol. The van der Waals surface area contributed by atoms with Crippen LogP contribution in [0.25, 0.3) is 0 Å². The van der Waals surface area contributed by atoms with Crippen LogP contribution in [0.15, 0.2) is 18.2 Å². The molecule has 0 spiro atoms. The monoisotopic (exact) mass is 278 g/mol. The average Bonchev–Trinajstić information content (AvgIpc) is 2.43. The number of nitrogens with one attached hydrogen (secondary N) is 1. The fourth-order valence-corrected chi connectivity index (χ4v) is 2.94. The summed E-state index contributed by atoms with van der Waals surface area (Å²) in [6, 6.07) is 5.53. The summed E-state index contributed by atoms with van der Waals surface area (Å²) >= 11 is 0. The quantitative estimate of drug-likeness (QED) is 0.800. The topological polar surface area (TPSA) is 15.3 Å². The van der Waals surface area contributed by atoms with Gasteiger partial charge in [0.15, 0.2) is 0 Å². The molecule has 0 aliphatic carbocycles. The second kappa shape index (κ2) is 7.75. The Bertz CT molecular complexity index is 419. The van der Waals surface area contributed by atoms with Crippen LogP contribution in [0.5, 0.6) is 0 Å². The first-order valence-corrected chi connectivity index (χ1v) is 7.89. The molecule has 1 aliphatic rings. The summed E-state index contributed by atoms with van der Waals surface area (Å²) in [5, 5.41) is 3.37. The minimum Gasteiger partial charge on any atom is -0.313 e. The number of rotatable bonds is 6. The van der Waals surface area contributed by atoms with Crippen molar-refractivity contribution in [2.24, 2.45) is 5.92 Å². The molecular weight excluding hydrogens is 251 g/mol. The summed E-state index contributed by atoms with van der Waals surface area (Å²) in [5.74, 6) is 0.670. The van der Waals surface area contributed by atoms with Gasteiger partial charge in [0.2, 0.25) is 0 Å². The van der Waals surface area contributed by atoms with Crippen molar-refractivity contribution in [1.29, 1.82) is 0 Å². The Morgan fingerprint density at radius 1 is 1.40 bits per heavy atom. The normalized spacial score (nSPS) is 20.2. The van der Waals surface area contributed by atoms with Gasteiger partial charge in [-0.2, -0.15) is 0 Å². The highest BCUT2D eigenvalue weighted by Crippen LogP contribution is 2.19. The van der Waals surface area contributed by atoms with Gasteiger partial charge < -0.3 is 5.32 Å². The first-order chi connectivity index (χ1) is 9.69. The van der Waals surface area contributed by atoms with E-state index >= 15 is 0 Å². The molecule has 0 bridgehead atoms. The molecule has 3 heteroatoms. The van der Waals surface area contributed by atoms with Gasteiger partial charge in [-0.15, -0.1) is 0 Å². The molecule has 1 saturated heterocycles. The molecule has 0 radical (unpaired) electrons. The molecule has 0 aromatic heterocycles. The van der Waals surface area contributed by atoms with E-state index in [-0.39, 0.29) is 5.82 Å². The Morgan fingerprint density at radius 3 is 3.00 bits per heavy atom. The van der Waals surface area contributed by atoms with E-state index < -0.39 is 0 Å². The van der Waals surface area contributed by atoms with Crippen LogP contribution in [0, 0.1) is 11.7 Å². The highest BCUT2D eigenvalue weighted by atomic mass is 19.1. The van der Waals surface area contributed by atoms with Gasteiger partial charge >= 0.3 is 0 Å². The zero-order valence-electron chi connectivity index (χ0n) is 12.8. The third-order valence-electron chi connectivity index (χ3n) is 4.00. The van der Waals surface area contributed by atoms with Crippen molar-refractivity contribution in [2.75, 3.05) is 19.6 Å². The van der Waals surface area contributed by atoms with E-state index in [0.29, 0.717) is 0 Å². The summed E-state index contributed by atoms with van der Waals surface area (Å²) in [6.45, 7) is 9.22. The van der Waals surface area contributed by atoms with Gasteiger partial charge in [0.1, 0.15) is 5.82 Å². The SMILES string of the molecule is CCCNCc1ccc(F)c(CN2CCCC(C)C2)c1. The van der Waals surface area contributed by atoms with Crippen LogP contribution in [0.1, 0.15) is 44.2 Å². The van der Waals surface area contributed by atoms with Crippen LogP contribution < -0.4 is 5.32 Å². The van der Waals surface area contributed by atoms with Crippen molar-refractivity contribution in [3.8, 4) is 0 Å². The minimum atomic E-state index is -0.0672. The van der Waals surface area contributed by atoms with Crippen molar-refractivity contribution in [2.45, 2.75) is 46.2 Å². The first-order valence-electron chi connectivity index (χ1n) is 7.89. The zero-order chi connectivity index (χ0) is 14.4. The Hall–Kier alpha value is -0.930. The van der Waals surface area contributed by atoms with Crippen LogP contribution >= 0.6 is 0 Å². The Kier molecular flexibility index (Phi) is 5.99. The molecule has 20 heavy (non-hydrogen) atoms. The van der Waals surface area contributed by atoms with Crippen LogP contribution in [0.3, 0.4) is 0 Å². The molecule has 0 saturated carbocycles. The van der Waals surface area contributed by atoms with Gasteiger partial charge in [0.05, 0.1) is 0 Å². The molecular formula is C17H27FN2. The maximum atomic E-state index is 14.0. The van der Waals surface area contributed by atoms with Gasteiger partial charge in [-0.25, -0.2) is 4.39 Å². The van der Waals surface area contributed by atoms with Gasteiger partial charge in [-0.3, -0.25) is 4.90 Å². The number of piperidine rings is 1. The number of hydrogen-bond donors (Lipinski definition) is 1. The van der Waals surface area contributed by atoms with Gasteiger partial charge in [-0.1, -0.05) is 26.0 Å². The lowest BCUT2D eigenvalue weighted by atomic mass is 9.99. The molecule has 1 atom stereocenters. The average molecular weight is 278 g/mol. The van der Waals surface area contributed by atoms with Gasteiger partial charge in [0, 0.05) is 25.2 Å². The standard InChI is InChI=1S/C17H27FN2/c1-3-8-19-11-15-6-7-17(18)16(10-15)13-20-9-4-5-14(2)12-20/h6-7,10,14,19H,3-5,8-9,11-13H2,1-2H3. The third-order valence-corrected chi connectivity index (χ3v) is 4.00. The smallest absolute Gasteiger partial charge is 0.127 e. The summed E-state index contributed by atoms with van der Waals surface area (Å²) in [7, 11) is 0. The van der Waals surface area contributed by atoms with E-state index in [1.54, 1.807) is 6.07 Å². The van der Waals surface area contributed by atoms with Crippen molar-refractivity contribution >= 4 is 0 Å². The summed E-state index contributed by atoms with van der Waals surface area (Å²) in [4.78, 5) is 2.38. The van der Waals surface area contributed by atoms with Crippen molar-refractivity contribution < 1.29 is 4.39 Å². The number of nitrogens with zero attached hydrogens (tertiary/aromatic N) is 1. The van der Waals surface area contributed by atoms with Crippen molar-refractivity contribution in [3.05, 3.63) is 35.1 Å². The molecule has 2 rings (SSSR count). The van der Waals surface area contributed by atoms with E-state index in [4.69, 9.17) is 0 Å². The molecule has 1 unspecified atom stereocenters. The maximum absolute atomic E-state index is 14.0. The fraction of sp³-hybridized carbons (Fsp3) is 0.647. The van der Waals surface area contributed by atoms with Crippen molar-refractivity contribution in [3.63, 3.8) is 0 Å². The highest BCUT2D eigenvalue weighted by molar-refractivity contribution is 5.25. The molecule has 1 N–H and O–H groups in total. The number of likely N-dealkylation sites (tertiary alicyclic amines) is 1. The lowest BCUT2D eigenvalue weighted by Crippen LogP contribution is -2.34. The molecule has 112 valence electrons. The molecule has 1 aliphatic heterocycles. The second-order valence-corrected chi connectivity index (χ2v) is 6.09. The van der Waals surface area contributed by atoms with Crippen LogP contribution in [0.2, 0.25) is 0 Å². The molecule has 1 heterocycles. The molecule has 1 fully saturated rings. The third kappa shape index (κ3) is 4.57. The Balaban J connectivity index is 1.96. The van der Waals surface area contributed by atoms with E-state index in [9.17, 15) is 4.39 Å². The zero-order valence-corrected chi connectivity index (χ0v) is 12.8. The lowest BCUT2D eigenvalue weighted by molar-refractivity contribution is 0.175. The summed E-state index contributed by atoms with van der Waals surface area (Å²) in [5.41, 5.74) is 2.02. The summed E-state index contributed by atoms with van der Waals surface area (Å²) < 4.78 is 14.0. The van der Waals surface area contributed by atoms with Gasteiger partial charge in [-0.05, 0) is 49.9 Å². The second-order valence-electron chi connectivity index (χ2n) is 6.09. The van der Waals surface area contributed by atoms with Crippen molar-refractivity contribution in [1.82, 2.24) is 10.2 Å². The largest absolute Gasteiger partial charge is 0.313 e. The van der Waals surface area contributed by atoms with Crippen LogP contribution in [-0.4, -0.2) is 24.5 Å². The van der Waals surface area contributed by atoms with E-state index in [0.717, 1.165) is 50.6 Å². The van der Waals surface area contributed by atoms with E-state index in [1.807, 2.05) is 12.1 Å². The Morgan fingerprint density at radius 2 is 2.25 bits per heavy atom. The minimum absolute atomic E-state index is 0.0672. The van der Waals surface area contributed by atoms with Crippen LogP contribution in [0.4, 0.5) is 4.39 Å². The molecule has 2 nitrogen and oxygen atoms in total. The molecule has 0 amide bonds. The predicted octanol–water partition coefficient (Wildman–Crippen LogP) is 3.56. The van der Waals surface area contributed by atoms with E-state index in [1.165, 1.54) is 18.4 Å². The highest BCUT2D eigenvalue weighted by Gasteiger charge is 2.17. The van der Waals surface area contributed by atoms with Crippen LogP contribution in [-0.2, 0) is 13.1 Å². The molecule has 1 aromatic carbocycles. The fourth-order valence-electron chi connectivity index (χ4n) is 2.94. The maximum Gasteiger partial charge on any atom is 0.127 e. The number of benzene rings is 1. The number of halogens is 1. The first kappa shape index (κ1) is 15.5.